The minimum Gasteiger partial charge on any atom is -0.325 e. The first-order valence-corrected chi connectivity index (χ1v) is 4.83. The Bertz CT molecular complexity index is 399. The zero-order valence-corrected chi connectivity index (χ0v) is 8.98. The number of carbonyl (C=O) groups excluding carboxylic acids is 1. The predicted molar refractivity (Wildman–Crippen MR) is 55.1 cm³/mol. The first-order valence-electron chi connectivity index (χ1n) is 4.83. The Hall–Kier alpha value is -1.52. The van der Waals surface area contributed by atoms with Gasteiger partial charge in [0, 0.05) is 6.42 Å². The number of aryl methyl sites for hydroxylation is 1. The molecule has 88 valence electrons. The van der Waals surface area contributed by atoms with Crippen molar-refractivity contribution in [1.82, 2.24) is 0 Å². The molecule has 0 radical (unpaired) electrons. The number of para-hydroxylation sites is 1. The third-order valence-corrected chi connectivity index (χ3v) is 2.16. The van der Waals surface area contributed by atoms with Crippen molar-refractivity contribution in [2.24, 2.45) is 0 Å². The monoisotopic (exact) mass is 231 g/mol. The number of anilines is 1. The quantitative estimate of drug-likeness (QED) is 0.830. The highest BCUT2D eigenvalue weighted by Gasteiger charge is 2.34. The van der Waals surface area contributed by atoms with Crippen LogP contribution in [0.25, 0.3) is 0 Å². The lowest BCUT2D eigenvalue weighted by Crippen LogP contribution is -2.16. The van der Waals surface area contributed by atoms with E-state index in [0.717, 1.165) is 6.07 Å². The fourth-order valence-corrected chi connectivity index (χ4v) is 1.30. The van der Waals surface area contributed by atoms with E-state index in [-0.39, 0.29) is 12.1 Å². The van der Waals surface area contributed by atoms with Crippen LogP contribution in [0.1, 0.15) is 24.5 Å². The van der Waals surface area contributed by atoms with Crippen LogP contribution in [0.3, 0.4) is 0 Å². The van der Waals surface area contributed by atoms with Crippen LogP contribution in [0.4, 0.5) is 18.9 Å². The van der Waals surface area contributed by atoms with E-state index in [0.29, 0.717) is 5.56 Å². The predicted octanol–water partition coefficient (Wildman–Crippen LogP) is 3.36. The summed E-state index contributed by atoms with van der Waals surface area (Å²) in [6.07, 6.45) is -4.31. The van der Waals surface area contributed by atoms with Gasteiger partial charge in [0.1, 0.15) is 0 Å². The molecular formula is C11H12F3NO. The summed E-state index contributed by atoms with van der Waals surface area (Å²) in [4.78, 5) is 11.1. The number of carbonyl (C=O) groups is 1. The number of amides is 1. The molecule has 0 spiro atoms. The second kappa shape index (κ2) is 4.55. The van der Waals surface area contributed by atoms with Gasteiger partial charge < -0.3 is 5.32 Å². The van der Waals surface area contributed by atoms with E-state index in [9.17, 15) is 18.0 Å². The van der Waals surface area contributed by atoms with Crippen molar-refractivity contribution in [2.75, 3.05) is 5.32 Å². The highest BCUT2D eigenvalue weighted by molar-refractivity contribution is 5.92. The molecule has 0 fully saturated rings. The minimum atomic E-state index is -4.46. The Morgan fingerprint density at radius 2 is 2.00 bits per heavy atom. The number of alkyl halides is 3. The maximum absolute atomic E-state index is 12.6. The average Bonchev–Trinajstić information content (AvgIpc) is 2.19. The highest BCUT2D eigenvalue weighted by Crippen LogP contribution is 2.36. The molecule has 2 nitrogen and oxygen atoms in total. The number of nitrogens with one attached hydrogen (secondary N) is 1. The number of rotatable bonds is 2. The van der Waals surface area contributed by atoms with Crippen LogP contribution in [0.15, 0.2) is 18.2 Å². The van der Waals surface area contributed by atoms with Gasteiger partial charge in [-0.25, -0.2) is 0 Å². The lowest BCUT2D eigenvalue weighted by atomic mass is 10.1. The third-order valence-electron chi connectivity index (χ3n) is 2.16. The summed E-state index contributed by atoms with van der Waals surface area (Å²) in [5, 5.41) is 2.28. The Morgan fingerprint density at radius 3 is 2.50 bits per heavy atom. The van der Waals surface area contributed by atoms with Gasteiger partial charge in [0.25, 0.3) is 0 Å². The molecule has 0 aliphatic carbocycles. The van der Waals surface area contributed by atoms with Crippen LogP contribution in [0.5, 0.6) is 0 Å². The average molecular weight is 231 g/mol. The van der Waals surface area contributed by atoms with E-state index in [1.807, 2.05) is 0 Å². The molecule has 0 atom stereocenters. The van der Waals surface area contributed by atoms with Crippen LogP contribution in [0.2, 0.25) is 0 Å². The van der Waals surface area contributed by atoms with Gasteiger partial charge >= 0.3 is 6.18 Å². The van der Waals surface area contributed by atoms with Gasteiger partial charge in [0.05, 0.1) is 11.3 Å². The molecule has 0 aliphatic rings. The molecule has 1 aromatic rings. The largest absolute Gasteiger partial charge is 0.418 e. The Balaban J connectivity index is 3.19. The van der Waals surface area contributed by atoms with Crippen molar-refractivity contribution >= 4 is 11.6 Å². The van der Waals surface area contributed by atoms with Crippen LogP contribution in [0, 0.1) is 6.92 Å². The van der Waals surface area contributed by atoms with E-state index < -0.39 is 17.6 Å². The molecule has 0 saturated carbocycles. The van der Waals surface area contributed by atoms with E-state index in [1.54, 1.807) is 6.92 Å². The molecule has 1 N–H and O–H groups in total. The lowest BCUT2D eigenvalue weighted by molar-refractivity contribution is -0.137. The van der Waals surface area contributed by atoms with Crippen molar-refractivity contribution in [3.05, 3.63) is 29.3 Å². The molecule has 0 unspecified atom stereocenters. The summed E-state index contributed by atoms with van der Waals surface area (Å²) >= 11 is 0. The van der Waals surface area contributed by atoms with Gasteiger partial charge in [-0.2, -0.15) is 13.2 Å². The molecule has 0 aromatic heterocycles. The summed E-state index contributed by atoms with van der Waals surface area (Å²) in [6.45, 7) is 3.11. The van der Waals surface area contributed by atoms with Crippen molar-refractivity contribution in [2.45, 2.75) is 26.4 Å². The van der Waals surface area contributed by atoms with Crippen LogP contribution >= 0.6 is 0 Å². The first kappa shape index (κ1) is 12.5. The molecule has 0 saturated heterocycles. The maximum Gasteiger partial charge on any atom is 0.418 e. The summed E-state index contributed by atoms with van der Waals surface area (Å²) in [7, 11) is 0. The van der Waals surface area contributed by atoms with E-state index in [2.05, 4.69) is 5.32 Å². The Labute approximate surface area is 91.5 Å². The van der Waals surface area contributed by atoms with Gasteiger partial charge in [-0.3, -0.25) is 4.79 Å². The molecule has 5 heteroatoms. The van der Waals surface area contributed by atoms with Crippen molar-refractivity contribution in [3.8, 4) is 0 Å². The third kappa shape index (κ3) is 2.74. The number of halogens is 3. The summed E-state index contributed by atoms with van der Waals surface area (Å²) in [6, 6.07) is 3.80. The Kier molecular flexibility index (Phi) is 3.57. The van der Waals surface area contributed by atoms with Gasteiger partial charge in [0.2, 0.25) is 5.91 Å². The molecule has 0 aliphatic heterocycles. The topological polar surface area (TPSA) is 29.1 Å². The second-order valence-electron chi connectivity index (χ2n) is 3.40. The molecule has 0 heterocycles. The van der Waals surface area contributed by atoms with Crippen LogP contribution in [-0.4, -0.2) is 5.91 Å². The number of benzene rings is 1. The van der Waals surface area contributed by atoms with Crippen LogP contribution < -0.4 is 5.32 Å². The van der Waals surface area contributed by atoms with Gasteiger partial charge in [-0.1, -0.05) is 19.1 Å². The zero-order valence-electron chi connectivity index (χ0n) is 8.98. The van der Waals surface area contributed by atoms with Gasteiger partial charge in [-0.15, -0.1) is 0 Å². The zero-order chi connectivity index (χ0) is 12.3. The fourth-order valence-electron chi connectivity index (χ4n) is 1.30. The fraction of sp³-hybridized carbons (Fsp3) is 0.364. The van der Waals surface area contributed by atoms with Crippen molar-refractivity contribution in [1.29, 1.82) is 0 Å². The summed E-state index contributed by atoms with van der Waals surface area (Å²) in [5.41, 5.74) is -0.562. The normalized spacial score (nSPS) is 11.3. The second-order valence-corrected chi connectivity index (χ2v) is 3.40. The molecule has 1 amide bonds. The van der Waals surface area contributed by atoms with E-state index in [4.69, 9.17) is 0 Å². The van der Waals surface area contributed by atoms with E-state index >= 15 is 0 Å². The SMILES string of the molecule is CCC(=O)Nc1c(C)cccc1C(F)(F)F. The Morgan fingerprint density at radius 1 is 1.38 bits per heavy atom. The standard InChI is InChI=1S/C11H12F3NO/c1-3-9(16)15-10-7(2)5-4-6-8(10)11(12,13)14/h4-6H,3H2,1-2H3,(H,15,16). The highest BCUT2D eigenvalue weighted by atomic mass is 19.4. The molecule has 16 heavy (non-hydrogen) atoms. The molecular weight excluding hydrogens is 219 g/mol. The number of hydrogen-bond acceptors (Lipinski definition) is 1. The van der Waals surface area contributed by atoms with Gasteiger partial charge in [-0.05, 0) is 18.6 Å². The van der Waals surface area contributed by atoms with E-state index in [1.165, 1.54) is 19.1 Å². The van der Waals surface area contributed by atoms with Crippen LogP contribution in [-0.2, 0) is 11.0 Å². The van der Waals surface area contributed by atoms with Gasteiger partial charge in [0.15, 0.2) is 0 Å². The first-order chi connectivity index (χ1) is 7.36. The smallest absolute Gasteiger partial charge is 0.325 e. The van der Waals surface area contributed by atoms with Crippen molar-refractivity contribution in [3.63, 3.8) is 0 Å². The number of hydrogen-bond donors (Lipinski definition) is 1. The summed E-state index contributed by atoms with van der Waals surface area (Å²) in [5.74, 6) is -0.431. The lowest BCUT2D eigenvalue weighted by Gasteiger charge is -2.15. The molecule has 1 rings (SSSR count). The van der Waals surface area contributed by atoms with Crippen molar-refractivity contribution < 1.29 is 18.0 Å². The maximum atomic E-state index is 12.6. The molecule has 1 aromatic carbocycles. The minimum absolute atomic E-state index is 0.144. The summed E-state index contributed by atoms with van der Waals surface area (Å²) < 4.78 is 37.9. The molecule has 0 bridgehead atoms.